The fourth-order valence-corrected chi connectivity index (χ4v) is 4.56. The Balaban J connectivity index is 1.77. The molecule has 2 heterocycles. The molecule has 1 aromatic rings. The fraction of sp³-hybridized carbons (Fsp3) is 0.519. The lowest BCUT2D eigenvalue weighted by Gasteiger charge is -2.43. The number of rotatable bonds is 9. The topological polar surface area (TPSA) is 193 Å². The molecule has 0 spiro atoms. The summed E-state index contributed by atoms with van der Waals surface area (Å²) in [5, 5.41) is 11.6. The van der Waals surface area contributed by atoms with Crippen molar-refractivity contribution in [3.05, 3.63) is 35.9 Å². The molecule has 6 amide bonds. The predicted octanol–water partition coefficient (Wildman–Crippen LogP) is 0.574. The van der Waals surface area contributed by atoms with Gasteiger partial charge in [-0.2, -0.15) is 5.10 Å². The van der Waals surface area contributed by atoms with Crippen molar-refractivity contribution in [1.29, 1.82) is 0 Å². The number of fused-ring (bicyclic) bond motifs is 1. The quantitative estimate of drug-likeness (QED) is 0.189. The Bertz CT molecular complexity index is 1180. The van der Waals surface area contributed by atoms with Crippen molar-refractivity contribution in [2.45, 2.75) is 83.0 Å². The SMILES string of the molecule is CC(C)(C)OC(=O)CC[C@H](C=NNC(N)=O)NC(=O)[C@@H]1CCCN2C(=O)CC[C@H](NC(=O)c3ccccc3)C(=O)N12. The smallest absolute Gasteiger partial charge is 0.332 e. The third kappa shape index (κ3) is 9.01. The summed E-state index contributed by atoms with van der Waals surface area (Å²) in [6, 6.07) is 4.53. The Morgan fingerprint density at radius 1 is 1.15 bits per heavy atom. The summed E-state index contributed by atoms with van der Waals surface area (Å²) >= 11 is 0. The summed E-state index contributed by atoms with van der Waals surface area (Å²) in [5.74, 6) is -2.47. The number of amides is 6. The third-order valence-electron chi connectivity index (χ3n) is 6.34. The molecule has 3 rings (SSSR count). The molecule has 2 aliphatic rings. The molecule has 222 valence electrons. The summed E-state index contributed by atoms with van der Waals surface area (Å²) in [4.78, 5) is 76.3. The zero-order valence-electron chi connectivity index (χ0n) is 23.4. The van der Waals surface area contributed by atoms with Crippen molar-refractivity contribution in [3.8, 4) is 0 Å². The monoisotopic (exact) mass is 571 g/mol. The average molecular weight is 572 g/mol. The number of nitrogens with zero attached hydrogens (tertiary/aromatic N) is 3. The highest BCUT2D eigenvalue weighted by atomic mass is 16.6. The summed E-state index contributed by atoms with van der Waals surface area (Å²) in [5.41, 5.74) is 6.75. The van der Waals surface area contributed by atoms with Crippen molar-refractivity contribution in [2.24, 2.45) is 10.8 Å². The number of carbonyl (C=O) groups excluding carboxylic acids is 6. The van der Waals surface area contributed by atoms with Crippen LogP contribution in [0.3, 0.4) is 0 Å². The van der Waals surface area contributed by atoms with Gasteiger partial charge in [-0.15, -0.1) is 0 Å². The van der Waals surface area contributed by atoms with Crippen molar-refractivity contribution in [2.75, 3.05) is 6.54 Å². The Morgan fingerprint density at radius 3 is 2.51 bits per heavy atom. The Hall–Kier alpha value is -4.49. The minimum Gasteiger partial charge on any atom is -0.460 e. The summed E-state index contributed by atoms with van der Waals surface area (Å²) in [6.07, 6.45) is 2.04. The number of urea groups is 1. The summed E-state index contributed by atoms with van der Waals surface area (Å²) in [6.45, 7) is 5.44. The van der Waals surface area contributed by atoms with Crippen LogP contribution < -0.4 is 21.8 Å². The molecule has 1 aromatic carbocycles. The first-order chi connectivity index (χ1) is 19.4. The molecule has 2 saturated heterocycles. The van der Waals surface area contributed by atoms with Gasteiger partial charge in [0.05, 0.1) is 6.04 Å². The molecule has 0 aromatic heterocycles. The van der Waals surface area contributed by atoms with E-state index in [4.69, 9.17) is 10.5 Å². The van der Waals surface area contributed by atoms with Crippen LogP contribution in [0, 0.1) is 0 Å². The molecule has 0 unspecified atom stereocenters. The van der Waals surface area contributed by atoms with Gasteiger partial charge in [0.2, 0.25) is 11.8 Å². The zero-order chi connectivity index (χ0) is 30.2. The molecule has 14 heteroatoms. The highest BCUT2D eigenvalue weighted by Gasteiger charge is 2.44. The number of esters is 1. The number of nitrogens with one attached hydrogen (secondary N) is 3. The first-order valence-corrected chi connectivity index (χ1v) is 13.5. The van der Waals surface area contributed by atoms with E-state index in [9.17, 15) is 28.8 Å². The van der Waals surface area contributed by atoms with E-state index in [0.717, 1.165) is 5.01 Å². The lowest BCUT2D eigenvalue weighted by Crippen LogP contribution is -2.64. The van der Waals surface area contributed by atoms with Crippen LogP contribution in [0.25, 0.3) is 0 Å². The standard InChI is InChI=1S/C27H37N7O7/c1-27(2,3)41-22(36)14-11-18(16-29-32-26(28)40)30-24(38)20-10-7-15-33-21(35)13-12-19(25(39)34(20)33)31-23(37)17-8-5-4-6-9-17/h4-6,8-9,16,18-20H,7,10-15H2,1-3H3,(H,30,38)(H,31,37)(H3,28,32,40)/t18-,19+,20+/m1/s1. The van der Waals surface area contributed by atoms with Gasteiger partial charge in [0.1, 0.15) is 17.7 Å². The van der Waals surface area contributed by atoms with Crippen LogP contribution >= 0.6 is 0 Å². The number of hydrogen-bond acceptors (Lipinski definition) is 8. The number of hydrogen-bond donors (Lipinski definition) is 4. The van der Waals surface area contributed by atoms with Crippen molar-refractivity contribution < 1.29 is 33.5 Å². The largest absolute Gasteiger partial charge is 0.460 e. The van der Waals surface area contributed by atoms with E-state index < -0.39 is 53.4 Å². The molecule has 0 radical (unpaired) electrons. The Labute approximate surface area is 238 Å². The normalized spacial score (nSPS) is 20.1. The van der Waals surface area contributed by atoms with Crippen LogP contribution in [0.2, 0.25) is 0 Å². The maximum Gasteiger partial charge on any atom is 0.332 e. The van der Waals surface area contributed by atoms with Gasteiger partial charge in [0.15, 0.2) is 0 Å². The molecule has 3 atom stereocenters. The predicted molar refractivity (Wildman–Crippen MR) is 147 cm³/mol. The molecule has 0 aliphatic carbocycles. The number of hydrazone groups is 1. The van der Waals surface area contributed by atoms with E-state index in [-0.39, 0.29) is 44.6 Å². The molecule has 41 heavy (non-hydrogen) atoms. The average Bonchev–Trinajstić information content (AvgIpc) is 3.03. The zero-order valence-corrected chi connectivity index (χ0v) is 23.4. The minimum atomic E-state index is -1.06. The molecule has 2 fully saturated rings. The highest BCUT2D eigenvalue weighted by Crippen LogP contribution is 2.25. The molecular weight excluding hydrogens is 534 g/mol. The van der Waals surface area contributed by atoms with E-state index >= 15 is 0 Å². The number of primary amides is 1. The number of ether oxygens (including phenoxy) is 1. The molecule has 14 nitrogen and oxygen atoms in total. The number of nitrogens with two attached hydrogens (primary N) is 1. The van der Waals surface area contributed by atoms with Crippen molar-refractivity contribution >= 4 is 41.8 Å². The van der Waals surface area contributed by atoms with Crippen LogP contribution in [0.15, 0.2) is 35.4 Å². The second-order valence-electron chi connectivity index (χ2n) is 10.8. The minimum absolute atomic E-state index is 0.0142. The van der Waals surface area contributed by atoms with Gasteiger partial charge in [-0.1, -0.05) is 18.2 Å². The van der Waals surface area contributed by atoms with Crippen LogP contribution in [0.4, 0.5) is 4.79 Å². The van der Waals surface area contributed by atoms with E-state index in [1.165, 1.54) is 11.2 Å². The molecule has 0 bridgehead atoms. The van der Waals surface area contributed by atoms with Crippen molar-refractivity contribution in [1.82, 2.24) is 26.1 Å². The van der Waals surface area contributed by atoms with Crippen LogP contribution in [-0.2, 0) is 23.9 Å². The molecule has 0 saturated carbocycles. The lowest BCUT2D eigenvalue weighted by atomic mass is 10.0. The van der Waals surface area contributed by atoms with Gasteiger partial charge in [0.25, 0.3) is 11.8 Å². The Morgan fingerprint density at radius 2 is 1.85 bits per heavy atom. The van der Waals surface area contributed by atoms with Gasteiger partial charge in [-0.3, -0.25) is 29.0 Å². The number of benzene rings is 1. The first-order valence-electron chi connectivity index (χ1n) is 13.5. The maximum absolute atomic E-state index is 13.7. The van der Waals surface area contributed by atoms with Crippen LogP contribution in [0.5, 0.6) is 0 Å². The van der Waals surface area contributed by atoms with Gasteiger partial charge in [-0.25, -0.2) is 15.2 Å². The van der Waals surface area contributed by atoms with E-state index in [1.54, 1.807) is 51.1 Å². The van der Waals surface area contributed by atoms with E-state index in [0.29, 0.717) is 12.0 Å². The van der Waals surface area contributed by atoms with Gasteiger partial charge in [-0.05, 0) is 58.6 Å². The lowest BCUT2D eigenvalue weighted by molar-refractivity contribution is -0.176. The number of hydrazine groups is 1. The van der Waals surface area contributed by atoms with Crippen molar-refractivity contribution in [3.63, 3.8) is 0 Å². The van der Waals surface area contributed by atoms with Crippen LogP contribution in [0.1, 0.15) is 69.7 Å². The molecule has 2 aliphatic heterocycles. The van der Waals surface area contributed by atoms with E-state index in [1.807, 2.05) is 5.43 Å². The van der Waals surface area contributed by atoms with Gasteiger partial charge < -0.3 is 21.1 Å². The van der Waals surface area contributed by atoms with E-state index in [2.05, 4.69) is 15.7 Å². The number of carbonyl (C=O) groups is 6. The second kappa shape index (κ2) is 13.7. The summed E-state index contributed by atoms with van der Waals surface area (Å²) < 4.78 is 5.32. The molecule has 5 N–H and O–H groups in total. The fourth-order valence-electron chi connectivity index (χ4n) is 4.56. The third-order valence-corrected chi connectivity index (χ3v) is 6.34. The van der Waals surface area contributed by atoms with Gasteiger partial charge in [0, 0.05) is 31.2 Å². The summed E-state index contributed by atoms with van der Waals surface area (Å²) in [7, 11) is 0. The van der Waals surface area contributed by atoms with Gasteiger partial charge >= 0.3 is 12.0 Å². The second-order valence-corrected chi connectivity index (χ2v) is 10.8. The first kappa shape index (κ1) is 31.0. The van der Waals surface area contributed by atoms with Crippen LogP contribution in [-0.4, -0.2) is 82.1 Å². The Kier molecular flexibility index (Phi) is 10.4. The molecular formula is C27H37N7O7. The highest BCUT2D eigenvalue weighted by molar-refractivity contribution is 6.00. The maximum atomic E-state index is 13.7.